The number of benzene rings is 1. The van der Waals surface area contributed by atoms with E-state index in [1.807, 2.05) is 0 Å². The number of nitrogens with zero attached hydrogens (tertiary/aromatic N) is 1. The van der Waals surface area contributed by atoms with Crippen LogP contribution in [0.25, 0.3) is 0 Å². The van der Waals surface area contributed by atoms with Crippen LogP contribution in [0.15, 0.2) is 24.3 Å². The largest absolute Gasteiger partial charge is 0.378 e. The Morgan fingerprint density at radius 3 is 2.85 bits per heavy atom. The standard InChI is InChI=1S/C16H22FNO2/c1-2-15-12-20-11-10-18(15)9-3-4-16(19)13-5-7-14(17)8-6-13/h5-8,15H,2-4,9-12H2,1H3. The zero-order chi connectivity index (χ0) is 14.4. The Morgan fingerprint density at radius 2 is 2.15 bits per heavy atom. The lowest BCUT2D eigenvalue weighted by atomic mass is 10.1. The lowest BCUT2D eigenvalue weighted by molar-refractivity contribution is -0.00896. The molecule has 2 rings (SSSR count). The van der Waals surface area contributed by atoms with Gasteiger partial charge in [-0.1, -0.05) is 6.92 Å². The van der Waals surface area contributed by atoms with E-state index in [9.17, 15) is 9.18 Å². The third-order valence-electron chi connectivity index (χ3n) is 3.84. The number of Topliss-reactive ketones (excluding diaryl/α,β-unsaturated/α-hetero) is 1. The zero-order valence-electron chi connectivity index (χ0n) is 12.0. The molecule has 0 aliphatic carbocycles. The van der Waals surface area contributed by atoms with Gasteiger partial charge in [-0.05, 0) is 43.7 Å². The first kappa shape index (κ1) is 15.1. The van der Waals surface area contributed by atoms with Crippen molar-refractivity contribution < 1.29 is 13.9 Å². The number of hydrogen-bond acceptors (Lipinski definition) is 3. The Labute approximate surface area is 119 Å². The van der Waals surface area contributed by atoms with Gasteiger partial charge in [0, 0.05) is 24.6 Å². The molecule has 3 nitrogen and oxygen atoms in total. The van der Waals surface area contributed by atoms with Crippen LogP contribution >= 0.6 is 0 Å². The second kappa shape index (κ2) is 7.50. The summed E-state index contributed by atoms with van der Waals surface area (Å²) in [6.45, 7) is 5.61. The van der Waals surface area contributed by atoms with Crippen LogP contribution in [0.3, 0.4) is 0 Å². The molecule has 1 unspecified atom stereocenters. The summed E-state index contributed by atoms with van der Waals surface area (Å²) < 4.78 is 18.3. The second-order valence-corrected chi connectivity index (χ2v) is 5.21. The molecule has 1 aromatic rings. The minimum absolute atomic E-state index is 0.0892. The highest BCUT2D eigenvalue weighted by Crippen LogP contribution is 2.13. The Morgan fingerprint density at radius 1 is 1.40 bits per heavy atom. The summed E-state index contributed by atoms with van der Waals surface area (Å²) in [5.74, 6) is -0.216. The molecule has 1 atom stereocenters. The van der Waals surface area contributed by atoms with E-state index < -0.39 is 0 Å². The Hall–Kier alpha value is -1.26. The summed E-state index contributed by atoms with van der Waals surface area (Å²) in [7, 11) is 0. The summed E-state index contributed by atoms with van der Waals surface area (Å²) in [6, 6.07) is 6.26. The number of carbonyl (C=O) groups excluding carboxylic acids is 1. The topological polar surface area (TPSA) is 29.5 Å². The van der Waals surface area contributed by atoms with E-state index >= 15 is 0 Å². The SMILES string of the molecule is CCC1COCCN1CCCC(=O)c1ccc(F)cc1. The van der Waals surface area contributed by atoms with Gasteiger partial charge < -0.3 is 4.74 Å². The lowest BCUT2D eigenvalue weighted by Crippen LogP contribution is -2.45. The van der Waals surface area contributed by atoms with Gasteiger partial charge in [0.05, 0.1) is 13.2 Å². The van der Waals surface area contributed by atoms with Crippen LogP contribution in [0, 0.1) is 5.82 Å². The number of morpholine rings is 1. The Kier molecular flexibility index (Phi) is 5.68. The Balaban J connectivity index is 1.77. The fourth-order valence-electron chi connectivity index (χ4n) is 2.58. The van der Waals surface area contributed by atoms with E-state index in [2.05, 4.69) is 11.8 Å². The maximum absolute atomic E-state index is 12.8. The van der Waals surface area contributed by atoms with Gasteiger partial charge in [0.1, 0.15) is 5.82 Å². The first-order valence-corrected chi connectivity index (χ1v) is 7.31. The fourth-order valence-corrected chi connectivity index (χ4v) is 2.58. The predicted octanol–water partition coefficient (Wildman–Crippen LogP) is 2.90. The minimum atomic E-state index is -0.305. The lowest BCUT2D eigenvalue weighted by Gasteiger charge is -2.34. The normalized spacial score (nSPS) is 20.0. The van der Waals surface area contributed by atoms with Gasteiger partial charge >= 0.3 is 0 Å². The van der Waals surface area contributed by atoms with Crippen molar-refractivity contribution in [3.8, 4) is 0 Å². The van der Waals surface area contributed by atoms with Crippen molar-refractivity contribution in [2.24, 2.45) is 0 Å². The molecule has 1 saturated heterocycles. The molecule has 1 aliphatic rings. The molecule has 20 heavy (non-hydrogen) atoms. The van der Waals surface area contributed by atoms with Crippen molar-refractivity contribution in [1.82, 2.24) is 4.90 Å². The molecule has 1 fully saturated rings. The van der Waals surface area contributed by atoms with E-state index in [0.29, 0.717) is 18.0 Å². The molecule has 0 amide bonds. The van der Waals surface area contributed by atoms with Crippen LogP contribution in [-0.2, 0) is 4.74 Å². The highest BCUT2D eigenvalue weighted by Gasteiger charge is 2.20. The van der Waals surface area contributed by atoms with Gasteiger partial charge in [-0.25, -0.2) is 4.39 Å². The average molecular weight is 279 g/mol. The molecule has 1 aliphatic heterocycles. The first-order chi connectivity index (χ1) is 9.70. The van der Waals surface area contributed by atoms with Crippen LogP contribution in [0.2, 0.25) is 0 Å². The van der Waals surface area contributed by atoms with Crippen molar-refractivity contribution >= 4 is 5.78 Å². The van der Waals surface area contributed by atoms with E-state index in [1.165, 1.54) is 12.1 Å². The third kappa shape index (κ3) is 4.12. The average Bonchev–Trinajstić information content (AvgIpc) is 2.48. The highest BCUT2D eigenvalue weighted by atomic mass is 19.1. The molecular weight excluding hydrogens is 257 g/mol. The predicted molar refractivity (Wildman–Crippen MR) is 76.4 cm³/mol. The minimum Gasteiger partial charge on any atom is -0.378 e. The summed E-state index contributed by atoms with van der Waals surface area (Å²) in [5, 5.41) is 0. The monoisotopic (exact) mass is 279 g/mol. The van der Waals surface area contributed by atoms with Gasteiger partial charge in [-0.15, -0.1) is 0 Å². The molecule has 110 valence electrons. The molecular formula is C16H22FNO2. The Bertz CT molecular complexity index is 433. The van der Waals surface area contributed by atoms with E-state index in [0.717, 1.165) is 39.1 Å². The number of hydrogen-bond donors (Lipinski definition) is 0. The quantitative estimate of drug-likeness (QED) is 0.750. The molecule has 1 heterocycles. The molecule has 0 aromatic heterocycles. The highest BCUT2D eigenvalue weighted by molar-refractivity contribution is 5.95. The van der Waals surface area contributed by atoms with Gasteiger partial charge in [-0.3, -0.25) is 9.69 Å². The van der Waals surface area contributed by atoms with Crippen LogP contribution in [-0.4, -0.2) is 43.0 Å². The number of carbonyl (C=O) groups is 1. The molecule has 0 bridgehead atoms. The smallest absolute Gasteiger partial charge is 0.162 e. The molecule has 0 saturated carbocycles. The molecule has 1 aromatic carbocycles. The molecule has 0 radical (unpaired) electrons. The summed E-state index contributed by atoms with van der Waals surface area (Å²) in [5.41, 5.74) is 0.598. The van der Waals surface area contributed by atoms with Crippen molar-refractivity contribution in [1.29, 1.82) is 0 Å². The number of ketones is 1. The van der Waals surface area contributed by atoms with Crippen LogP contribution in [0.1, 0.15) is 36.5 Å². The molecule has 0 spiro atoms. The van der Waals surface area contributed by atoms with Crippen molar-refractivity contribution in [2.75, 3.05) is 26.3 Å². The van der Waals surface area contributed by atoms with Gasteiger partial charge in [0.2, 0.25) is 0 Å². The van der Waals surface area contributed by atoms with E-state index in [-0.39, 0.29) is 11.6 Å². The van der Waals surface area contributed by atoms with Crippen LogP contribution in [0.4, 0.5) is 4.39 Å². The first-order valence-electron chi connectivity index (χ1n) is 7.31. The third-order valence-corrected chi connectivity index (χ3v) is 3.84. The van der Waals surface area contributed by atoms with Gasteiger partial charge in [-0.2, -0.15) is 0 Å². The number of halogens is 1. The summed E-state index contributed by atoms with van der Waals surface area (Å²) >= 11 is 0. The van der Waals surface area contributed by atoms with Gasteiger partial charge in [0.15, 0.2) is 5.78 Å². The van der Waals surface area contributed by atoms with Crippen molar-refractivity contribution in [2.45, 2.75) is 32.2 Å². The zero-order valence-corrected chi connectivity index (χ0v) is 12.0. The van der Waals surface area contributed by atoms with Crippen molar-refractivity contribution in [3.63, 3.8) is 0 Å². The number of ether oxygens (including phenoxy) is 1. The molecule has 4 heteroatoms. The van der Waals surface area contributed by atoms with E-state index in [1.54, 1.807) is 12.1 Å². The summed E-state index contributed by atoms with van der Waals surface area (Å²) in [6.07, 6.45) is 2.43. The number of rotatable bonds is 6. The van der Waals surface area contributed by atoms with Crippen molar-refractivity contribution in [3.05, 3.63) is 35.6 Å². The van der Waals surface area contributed by atoms with Gasteiger partial charge in [0.25, 0.3) is 0 Å². The maximum atomic E-state index is 12.8. The van der Waals surface area contributed by atoms with Crippen LogP contribution < -0.4 is 0 Å². The fraction of sp³-hybridized carbons (Fsp3) is 0.562. The maximum Gasteiger partial charge on any atom is 0.162 e. The second-order valence-electron chi connectivity index (χ2n) is 5.21. The summed E-state index contributed by atoms with van der Waals surface area (Å²) in [4.78, 5) is 14.4. The van der Waals surface area contributed by atoms with E-state index in [4.69, 9.17) is 4.74 Å². The van der Waals surface area contributed by atoms with Crippen LogP contribution in [0.5, 0.6) is 0 Å². The molecule has 0 N–H and O–H groups in total.